The van der Waals surface area contributed by atoms with Crippen LogP contribution in [0.25, 0.3) is 0 Å². The summed E-state index contributed by atoms with van der Waals surface area (Å²) in [5.41, 5.74) is 1.13. The van der Waals surface area contributed by atoms with E-state index >= 15 is 0 Å². The molecule has 2 aliphatic rings. The first kappa shape index (κ1) is 36.1. The monoisotopic (exact) mass is 634 g/mol. The van der Waals surface area contributed by atoms with Crippen molar-refractivity contribution in [1.82, 2.24) is 10.1 Å². The van der Waals surface area contributed by atoms with Crippen molar-refractivity contribution >= 4 is 5.97 Å². The van der Waals surface area contributed by atoms with Gasteiger partial charge in [0.15, 0.2) is 0 Å². The number of ether oxygens (including phenoxy) is 2. The molecule has 2 aromatic rings. The lowest BCUT2D eigenvalue weighted by Crippen LogP contribution is -2.62. The molecule has 7 nitrogen and oxygen atoms in total. The second-order valence-corrected chi connectivity index (χ2v) is 15.9. The molecule has 46 heavy (non-hydrogen) atoms. The number of hydroxylamine groups is 4. The summed E-state index contributed by atoms with van der Waals surface area (Å²) in [7, 11) is 0. The molecule has 2 atom stereocenters. The van der Waals surface area contributed by atoms with Crippen LogP contribution in [0.1, 0.15) is 131 Å². The van der Waals surface area contributed by atoms with Crippen LogP contribution in [0.3, 0.4) is 0 Å². The molecule has 0 bridgehead atoms. The number of benzene rings is 2. The number of hydrogen-bond donors (Lipinski definition) is 0. The molecule has 0 amide bonds. The standard InChI is InChI=1S/C39H58N2O5/c1-28(43-33-24-36(4,5)40(37(6,7)25-33)45-29(2)31-18-14-12-15-19-31)22-23-35(42)44-34-26-38(8,9)41(39(10,11)27-34)46-30(3)32-20-16-13-17-21-32/h12-21,29-30,33-34H,1,22-27H2,2-11H3. The molecule has 7 heteroatoms. The minimum atomic E-state index is -0.320. The zero-order valence-corrected chi connectivity index (χ0v) is 30.0. The first-order chi connectivity index (χ1) is 21.4. The highest BCUT2D eigenvalue weighted by Crippen LogP contribution is 2.43. The molecule has 2 aliphatic heterocycles. The molecule has 4 rings (SSSR count). The lowest BCUT2D eigenvalue weighted by atomic mass is 9.80. The third-order valence-electron chi connectivity index (χ3n) is 9.41. The molecule has 2 fully saturated rings. The third-order valence-corrected chi connectivity index (χ3v) is 9.41. The Bertz CT molecular complexity index is 1170. The van der Waals surface area contributed by atoms with Crippen molar-refractivity contribution in [3.63, 3.8) is 0 Å². The molecule has 2 heterocycles. The fourth-order valence-corrected chi connectivity index (χ4v) is 7.75. The Balaban J connectivity index is 1.26. The van der Waals surface area contributed by atoms with Crippen LogP contribution in [0.5, 0.6) is 0 Å². The van der Waals surface area contributed by atoms with Crippen LogP contribution in [0.15, 0.2) is 73.0 Å². The minimum Gasteiger partial charge on any atom is -0.495 e. The van der Waals surface area contributed by atoms with Crippen LogP contribution < -0.4 is 0 Å². The summed E-state index contributed by atoms with van der Waals surface area (Å²) in [5.74, 6) is 0.409. The summed E-state index contributed by atoms with van der Waals surface area (Å²) in [5, 5.41) is 4.26. The highest BCUT2D eigenvalue weighted by Gasteiger charge is 2.49. The van der Waals surface area contributed by atoms with E-state index in [1.54, 1.807) is 0 Å². The average molecular weight is 635 g/mol. The Labute approximate surface area is 278 Å². The highest BCUT2D eigenvalue weighted by molar-refractivity contribution is 5.69. The number of allylic oxidation sites excluding steroid dienone is 1. The van der Waals surface area contributed by atoms with Crippen molar-refractivity contribution in [2.45, 2.75) is 154 Å². The maximum atomic E-state index is 13.1. The van der Waals surface area contributed by atoms with Crippen LogP contribution in [-0.2, 0) is 23.9 Å². The molecule has 0 radical (unpaired) electrons. The predicted octanol–water partition coefficient (Wildman–Crippen LogP) is 9.27. The van der Waals surface area contributed by atoms with Gasteiger partial charge >= 0.3 is 5.97 Å². The third kappa shape index (κ3) is 9.00. The van der Waals surface area contributed by atoms with E-state index in [2.05, 4.69) is 110 Å². The summed E-state index contributed by atoms with van der Waals surface area (Å²) in [4.78, 5) is 26.2. The van der Waals surface area contributed by atoms with Crippen LogP contribution in [-0.4, -0.2) is 50.5 Å². The number of rotatable bonds is 12. The number of nitrogens with zero attached hydrogens (tertiary/aromatic N) is 2. The summed E-state index contributed by atoms with van der Waals surface area (Å²) in [6, 6.07) is 20.6. The van der Waals surface area contributed by atoms with E-state index in [1.807, 2.05) is 36.4 Å². The maximum absolute atomic E-state index is 13.1. The minimum absolute atomic E-state index is 0.0235. The van der Waals surface area contributed by atoms with Gasteiger partial charge in [0.1, 0.15) is 24.4 Å². The van der Waals surface area contributed by atoms with Crippen LogP contribution in [0.2, 0.25) is 0 Å². The van der Waals surface area contributed by atoms with Gasteiger partial charge in [0.05, 0.1) is 12.2 Å². The number of esters is 1. The Morgan fingerprint density at radius 2 is 1.00 bits per heavy atom. The van der Waals surface area contributed by atoms with Crippen molar-refractivity contribution < 1.29 is 23.9 Å². The van der Waals surface area contributed by atoms with Crippen molar-refractivity contribution in [3.8, 4) is 0 Å². The zero-order chi connectivity index (χ0) is 33.9. The topological polar surface area (TPSA) is 60.5 Å². The van der Waals surface area contributed by atoms with Crippen LogP contribution >= 0.6 is 0 Å². The van der Waals surface area contributed by atoms with Gasteiger partial charge in [0.2, 0.25) is 0 Å². The fourth-order valence-electron chi connectivity index (χ4n) is 7.75. The van der Waals surface area contributed by atoms with Gasteiger partial charge < -0.3 is 9.47 Å². The molecule has 0 N–H and O–H groups in total. The van der Waals surface area contributed by atoms with Gasteiger partial charge in [-0.2, -0.15) is 10.1 Å². The lowest BCUT2D eigenvalue weighted by molar-refractivity contribution is -0.314. The number of carbonyl (C=O) groups is 1. The molecule has 0 aliphatic carbocycles. The van der Waals surface area contributed by atoms with E-state index in [1.165, 1.54) is 0 Å². The van der Waals surface area contributed by atoms with E-state index in [0.717, 1.165) is 24.0 Å². The molecular weight excluding hydrogens is 576 g/mol. The maximum Gasteiger partial charge on any atom is 0.306 e. The first-order valence-corrected chi connectivity index (χ1v) is 17.0. The van der Waals surface area contributed by atoms with E-state index in [0.29, 0.717) is 25.0 Å². The van der Waals surface area contributed by atoms with Crippen molar-refractivity contribution in [2.75, 3.05) is 0 Å². The van der Waals surface area contributed by atoms with Crippen molar-refractivity contribution in [2.24, 2.45) is 0 Å². The lowest BCUT2D eigenvalue weighted by Gasteiger charge is -2.54. The fraction of sp³-hybridized carbons (Fsp3) is 0.615. The molecule has 254 valence electrons. The Morgan fingerprint density at radius 1 is 0.652 bits per heavy atom. The molecule has 2 saturated heterocycles. The van der Waals surface area contributed by atoms with E-state index in [-0.39, 0.29) is 59.0 Å². The normalized spacial score (nSPS) is 22.9. The molecule has 0 saturated carbocycles. The van der Waals surface area contributed by atoms with Crippen LogP contribution in [0, 0.1) is 0 Å². The average Bonchev–Trinajstić information content (AvgIpc) is 2.95. The van der Waals surface area contributed by atoms with E-state index in [4.69, 9.17) is 19.1 Å². The van der Waals surface area contributed by atoms with Gasteiger partial charge in [-0.05, 0) is 80.4 Å². The van der Waals surface area contributed by atoms with Crippen LogP contribution in [0.4, 0.5) is 0 Å². The second-order valence-electron chi connectivity index (χ2n) is 15.9. The predicted molar refractivity (Wildman–Crippen MR) is 183 cm³/mol. The largest absolute Gasteiger partial charge is 0.495 e. The van der Waals surface area contributed by atoms with Gasteiger partial charge in [-0.25, -0.2) is 0 Å². The Kier molecular flexibility index (Phi) is 11.1. The van der Waals surface area contributed by atoms with Gasteiger partial charge in [-0.15, -0.1) is 0 Å². The number of carbonyl (C=O) groups excluding carboxylic acids is 1. The highest BCUT2D eigenvalue weighted by atomic mass is 16.7. The Hall–Kier alpha value is -2.71. The molecular formula is C39H58N2O5. The number of piperidine rings is 2. The van der Waals surface area contributed by atoms with E-state index < -0.39 is 0 Å². The SMILES string of the molecule is C=C(CCC(=O)OC1CC(C)(C)N(OC(C)c2ccccc2)C(C)(C)C1)OC1CC(C)(C)N(OC(C)c2ccccc2)C(C)(C)C1. The smallest absolute Gasteiger partial charge is 0.306 e. The molecule has 2 unspecified atom stereocenters. The zero-order valence-electron chi connectivity index (χ0n) is 30.0. The van der Waals surface area contributed by atoms with Gasteiger partial charge in [-0.3, -0.25) is 14.5 Å². The van der Waals surface area contributed by atoms with Crippen molar-refractivity contribution in [3.05, 3.63) is 84.1 Å². The molecule has 2 aromatic carbocycles. The summed E-state index contributed by atoms with van der Waals surface area (Å²) in [6.07, 6.45) is 3.27. The molecule has 0 spiro atoms. The van der Waals surface area contributed by atoms with Crippen molar-refractivity contribution in [1.29, 1.82) is 0 Å². The summed E-state index contributed by atoms with van der Waals surface area (Å²) >= 11 is 0. The summed E-state index contributed by atoms with van der Waals surface area (Å²) < 4.78 is 12.4. The first-order valence-electron chi connectivity index (χ1n) is 17.0. The van der Waals surface area contributed by atoms with Gasteiger partial charge in [0.25, 0.3) is 0 Å². The van der Waals surface area contributed by atoms with E-state index in [9.17, 15) is 4.79 Å². The second kappa shape index (κ2) is 14.2. The quantitative estimate of drug-likeness (QED) is 0.170. The number of hydrogen-bond acceptors (Lipinski definition) is 7. The van der Waals surface area contributed by atoms with Gasteiger partial charge in [0, 0.05) is 54.3 Å². The summed E-state index contributed by atoms with van der Waals surface area (Å²) in [6.45, 7) is 25.8. The molecule has 0 aromatic heterocycles. The Morgan fingerprint density at radius 3 is 1.37 bits per heavy atom. The van der Waals surface area contributed by atoms with Gasteiger partial charge in [-0.1, -0.05) is 67.2 Å².